The lowest BCUT2D eigenvalue weighted by Crippen LogP contribution is -2.43. The minimum atomic E-state index is 0. The van der Waals surface area contributed by atoms with Gasteiger partial charge in [-0.25, -0.2) is 0 Å². The van der Waals surface area contributed by atoms with Crippen molar-refractivity contribution in [2.75, 3.05) is 28.4 Å². The fourth-order valence-electron chi connectivity index (χ4n) is 3.06. The number of methoxy groups -OCH3 is 3. The van der Waals surface area contributed by atoms with E-state index in [2.05, 4.69) is 15.6 Å². The van der Waals surface area contributed by atoms with Crippen LogP contribution >= 0.6 is 24.0 Å². The molecule has 6 nitrogen and oxygen atoms in total. The first kappa shape index (κ1) is 21.7. The van der Waals surface area contributed by atoms with E-state index >= 15 is 0 Å². The van der Waals surface area contributed by atoms with Gasteiger partial charge >= 0.3 is 0 Å². The van der Waals surface area contributed by atoms with Crippen molar-refractivity contribution >= 4 is 29.9 Å². The second-order valence-electron chi connectivity index (χ2n) is 5.92. The van der Waals surface area contributed by atoms with E-state index < -0.39 is 0 Å². The molecule has 1 aromatic carbocycles. The van der Waals surface area contributed by atoms with Gasteiger partial charge < -0.3 is 24.8 Å². The van der Waals surface area contributed by atoms with E-state index in [1.54, 1.807) is 28.4 Å². The van der Waals surface area contributed by atoms with Gasteiger partial charge in [0.05, 0.1) is 33.4 Å². The molecule has 1 aliphatic rings. The lowest BCUT2D eigenvalue weighted by molar-refractivity contribution is 0.367. The zero-order valence-corrected chi connectivity index (χ0v) is 17.9. The molecule has 0 aromatic heterocycles. The third kappa shape index (κ3) is 6.13. The molecule has 1 aliphatic carbocycles. The molecule has 0 radical (unpaired) electrons. The molecule has 1 saturated carbocycles. The molecule has 0 aliphatic heterocycles. The lowest BCUT2D eigenvalue weighted by atomic mass is 9.96. The van der Waals surface area contributed by atoms with Crippen LogP contribution in [0, 0.1) is 0 Å². The molecule has 0 bridgehead atoms. The maximum absolute atomic E-state index is 5.49. The van der Waals surface area contributed by atoms with Crippen LogP contribution in [-0.2, 0) is 6.54 Å². The first-order valence-electron chi connectivity index (χ1n) is 8.47. The van der Waals surface area contributed by atoms with Crippen LogP contribution in [0.5, 0.6) is 17.2 Å². The third-order valence-corrected chi connectivity index (χ3v) is 4.42. The normalized spacial score (nSPS) is 15.1. The summed E-state index contributed by atoms with van der Waals surface area (Å²) in [7, 11) is 6.71. The number of nitrogens with zero attached hydrogens (tertiary/aromatic N) is 1. The van der Waals surface area contributed by atoms with Gasteiger partial charge in [-0.2, -0.15) is 0 Å². The number of benzene rings is 1. The van der Waals surface area contributed by atoms with Crippen molar-refractivity contribution in [2.45, 2.75) is 44.7 Å². The summed E-state index contributed by atoms with van der Waals surface area (Å²) >= 11 is 0. The summed E-state index contributed by atoms with van der Waals surface area (Å²) in [6.45, 7) is 0.558. The summed E-state index contributed by atoms with van der Waals surface area (Å²) in [5, 5.41) is 6.86. The van der Waals surface area contributed by atoms with E-state index in [1.165, 1.54) is 32.1 Å². The molecule has 0 atom stereocenters. The summed E-state index contributed by atoms with van der Waals surface area (Å²) < 4.78 is 16.3. The van der Waals surface area contributed by atoms with Crippen molar-refractivity contribution in [3.05, 3.63) is 17.7 Å². The molecule has 142 valence electrons. The van der Waals surface area contributed by atoms with Crippen molar-refractivity contribution in [3.8, 4) is 17.2 Å². The average molecular weight is 463 g/mol. The molecular formula is C18H30IN3O3. The Bertz CT molecular complexity index is 535. The van der Waals surface area contributed by atoms with Crippen molar-refractivity contribution in [1.29, 1.82) is 0 Å². The van der Waals surface area contributed by atoms with Crippen LogP contribution in [0.15, 0.2) is 17.1 Å². The van der Waals surface area contributed by atoms with Crippen LogP contribution < -0.4 is 24.8 Å². The van der Waals surface area contributed by atoms with Gasteiger partial charge in [0.2, 0.25) is 0 Å². The zero-order chi connectivity index (χ0) is 17.4. The maximum Gasteiger partial charge on any atom is 0.191 e. The monoisotopic (exact) mass is 463 g/mol. The van der Waals surface area contributed by atoms with Crippen LogP contribution in [0.4, 0.5) is 0 Å². The molecule has 7 heteroatoms. The van der Waals surface area contributed by atoms with Crippen molar-refractivity contribution < 1.29 is 14.2 Å². The number of ether oxygens (including phenoxy) is 3. The van der Waals surface area contributed by atoms with E-state index in [0.717, 1.165) is 23.0 Å². The summed E-state index contributed by atoms with van der Waals surface area (Å²) in [5.41, 5.74) is 0.937. The van der Waals surface area contributed by atoms with E-state index in [-0.39, 0.29) is 24.0 Å². The van der Waals surface area contributed by atoms with Gasteiger partial charge in [-0.3, -0.25) is 4.99 Å². The van der Waals surface area contributed by atoms with Gasteiger partial charge in [0, 0.05) is 25.2 Å². The van der Waals surface area contributed by atoms with Crippen molar-refractivity contribution in [2.24, 2.45) is 4.99 Å². The van der Waals surface area contributed by atoms with Gasteiger partial charge in [0.15, 0.2) is 5.96 Å². The van der Waals surface area contributed by atoms with Crippen LogP contribution in [-0.4, -0.2) is 40.4 Å². The minimum absolute atomic E-state index is 0. The van der Waals surface area contributed by atoms with Gasteiger partial charge in [0.25, 0.3) is 0 Å². The SMILES string of the molecule is CN=C(NCc1c(OC)cc(OC)cc1OC)NC1CCCCC1.I. The molecule has 1 aromatic rings. The molecule has 2 N–H and O–H groups in total. The predicted molar refractivity (Wildman–Crippen MR) is 112 cm³/mol. The molecule has 0 spiro atoms. The molecule has 0 amide bonds. The van der Waals surface area contributed by atoms with E-state index in [1.807, 2.05) is 12.1 Å². The summed E-state index contributed by atoms with van der Waals surface area (Å²) in [6.07, 6.45) is 6.32. The van der Waals surface area contributed by atoms with Crippen molar-refractivity contribution in [1.82, 2.24) is 10.6 Å². The number of guanidine groups is 1. The average Bonchev–Trinajstić information content (AvgIpc) is 2.65. The predicted octanol–water partition coefficient (Wildman–Crippen LogP) is 3.33. The Hall–Kier alpha value is -1.38. The molecule has 2 rings (SSSR count). The Morgan fingerprint density at radius 3 is 2.12 bits per heavy atom. The zero-order valence-electron chi connectivity index (χ0n) is 15.6. The molecule has 1 fully saturated rings. The Morgan fingerprint density at radius 2 is 1.64 bits per heavy atom. The highest BCUT2D eigenvalue weighted by atomic mass is 127. The number of nitrogens with one attached hydrogen (secondary N) is 2. The lowest BCUT2D eigenvalue weighted by Gasteiger charge is -2.25. The first-order chi connectivity index (χ1) is 11.7. The fourth-order valence-corrected chi connectivity index (χ4v) is 3.06. The van der Waals surface area contributed by atoms with E-state index in [9.17, 15) is 0 Å². The van der Waals surface area contributed by atoms with Gasteiger partial charge in [-0.15, -0.1) is 24.0 Å². The summed E-state index contributed by atoms with van der Waals surface area (Å²) in [4.78, 5) is 4.33. The first-order valence-corrected chi connectivity index (χ1v) is 8.47. The molecule has 0 heterocycles. The summed E-state index contributed by atoms with van der Waals surface area (Å²) in [5.74, 6) is 2.97. The largest absolute Gasteiger partial charge is 0.496 e. The maximum atomic E-state index is 5.49. The van der Waals surface area contributed by atoms with Crippen LogP contribution in [0.25, 0.3) is 0 Å². The van der Waals surface area contributed by atoms with Gasteiger partial charge in [0.1, 0.15) is 17.2 Å². The van der Waals surface area contributed by atoms with Crippen LogP contribution in [0.3, 0.4) is 0 Å². The Morgan fingerprint density at radius 1 is 1.04 bits per heavy atom. The number of aliphatic imine (C=N–C) groups is 1. The van der Waals surface area contributed by atoms with E-state index in [0.29, 0.717) is 18.3 Å². The van der Waals surface area contributed by atoms with Gasteiger partial charge in [-0.1, -0.05) is 19.3 Å². The van der Waals surface area contributed by atoms with E-state index in [4.69, 9.17) is 14.2 Å². The van der Waals surface area contributed by atoms with Gasteiger partial charge in [-0.05, 0) is 12.8 Å². The molecular weight excluding hydrogens is 433 g/mol. The fraction of sp³-hybridized carbons (Fsp3) is 0.611. The molecule has 0 saturated heterocycles. The highest BCUT2D eigenvalue weighted by Crippen LogP contribution is 2.33. The van der Waals surface area contributed by atoms with Crippen molar-refractivity contribution in [3.63, 3.8) is 0 Å². The molecule has 25 heavy (non-hydrogen) atoms. The smallest absolute Gasteiger partial charge is 0.191 e. The standard InChI is InChI=1S/C18H29N3O3.HI/c1-19-18(21-13-8-6-5-7-9-13)20-12-15-16(23-3)10-14(22-2)11-17(15)24-4;/h10-11,13H,5-9,12H2,1-4H3,(H2,19,20,21);1H. The van der Waals surface area contributed by atoms with Crippen LogP contribution in [0.1, 0.15) is 37.7 Å². The second-order valence-corrected chi connectivity index (χ2v) is 5.92. The highest BCUT2D eigenvalue weighted by molar-refractivity contribution is 14.0. The second kappa shape index (κ2) is 11.3. The number of halogens is 1. The Balaban J connectivity index is 0.00000312. The quantitative estimate of drug-likeness (QED) is 0.385. The number of rotatable bonds is 6. The summed E-state index contributed by atoms with van der Waals surface area (Å²) in [6, 6.07) is 4.22. The number of hydrogen-bond acceptors (Lipinski definition) is 4. The third-order valence-electron chi connectivity index (χ3n) is 4.42. The minimum Gasteiger partial charge on any atom is -0.496 e. The Labute approximate surface area is 167 Å². The highest BCUT2D eigenvalue weighted by Gasteiger charge is 2.16. The number of hydrogen-bond donors (Lipinski definition) is 2. The Kier molecular flexibility index (Phi) is 9.77. The topological polar surface area (TPSA) is 64.1 Å². The molecule has 0 unspecified atom stereocenters. The van der Waals surface area contributed by atoms with Crippen LogP contribution in [0.2, 0.25) is 0 Å².